The highest BCUT2D eigenvalue weighted by atomic mass is 19.1. The smallest absolute Gasteiger partial charge is 0.127 e. The zero-order valence-corrected chi connectivity index (χ0v) is 9.86. The molecule has 0 bridgehead atoms. The lowest BCUT2D eigenvalue weighted by molar-refractivity contribution is 0.120. The first-order valence-corrected chi connectivity index (χ1v) is 5.76. The van der Waals surface area contributed by atoms with Crippen molar-refractivity contribution < 1.29 is 4.39 Å². The lowest BCUT2D eigenvalue weighted by Crippen LogP contribution is -2.43. The first kappa shape index (κ1) is 11.6. The molecule has 1 aliphatic carbocycles. The Morgan fingerprint density at radius 1 is 1.31 bits per heavy atom. The van der Waals surface area contributed by atoms with E-state index in [4.69, 9.17) is 5.73 Å². The van der Waals surface area contributed by atoms with Gasteiger partial charge in [-0.3, -0.25) is 0 Å². The summed E-state index contributed by atoms with van der Waals surface area (Å²) in [5.41, 5.74) is 6.61. The molecular formula is C13H19FN2. The number of benzene rings is 1. The summed E-state index contributed by atoms with van der Waals surface area (Å²) in [5, 5.41) is 0. The maximum absolute atomic E-state index is 13.8. The molecule has 2 nitrogen and oxygen atoms in total. The van der Waals surface area contributed by atoms with Crippen molar-refractivity contribution in [3.05, 3.63) is 35.6 Å². The molecule has 1 saturated carbocycles. The van der Waals surface area contributed by atoms with Crippen LogP contribution < -0.4 is 5.73 Å². The summed E-state index contributed by atoms with van der Waals surface area (Å²) in [7, 11) is 4.00. The first-order valence-electron chi connectivity index (χ1n) is 5.76. The van der Waals surface area contributed by atoms with E-state index in [0.29, 0.717) is 12.0 Å². The Hall–Kier alpha value is -0.930. The molecule has 0 spiro atoms. The summed E-state index contributed by atoms with van der Waals surface area (Å²) in [6.07, 6.45) is 1.99. The lowest BCUT2D eigenvalue weighted by Gasteiger charge is -2.41. The fraction of sp³-hybridized carbons (Fsp3) is 0.538. The molecule has 1 fully saturated rings. The van der Waals surface area contributed by atoms with Gasteiger partial charge in [0.15, 0.2) is 0 Å². The number of hydrogen-bond donors (Lipinski definition) is 1. The van der Waals surface area contributed by atoms with Crippen molar-refractivity contribution in [1.29, 1.82) is 0 Å². The SMILES string of the molecule is CN(C)C(c1ccccc1F)C1CC(N)C1. The summed E-state index contributed by atoms with van der Waals surface area (Å²) in [5.74, 6) is 0.378. The fourth-order valence-corrected chi connectivity index (χ4v) is 2.64. The quantitative estimate of drug-likeness (QED) is 0.849. The minimum absolute atomic E-state index is 0.110. The van der Waals surface area contributed by atoms with E-state index < -0.39 is 0 Å². The molecule has 3 heteroatoms. The van der Waals surface area contributed by atoms with E-state index >= 15 is 0 Å². The lowest BCUT2D eigenvalue weighted by atomic mass is 9.73. The van der Waals surface area contributed by atoms with Gasteiger partial charge in [0, 0.05) is 17.6 Å². The molecule has 0 saturated heterocycles. The highest BCUT2D eigenvalue weighted by Gasteiger charge is 2.35. The molecule has 16 heavy (non-hydrogen) atoms. The summed E-state index contributed by atoms with van der Waals surface area (Å²) in [4.78, 5) is 2.09. The zero-order chi connectivity index (χ0) is 11.7. The number of halogens is 1. The van der Waals surface area contributed by atoms with Gasteiger partial charge in [0.25, 0.3) is 0 Å². The average Bonchev–Trinajstić information content (AvgIpc) is 2.18. The standard InChI is InChI=1S/C13H19FN2/c1-16(2)13(9-7-10(15)8-9)11-5-3-4-6-12(11)14/h3-6,9-10,13H,7-8,15H2,1-2H3. The van der Waals surface area contributed by atoms with Gasteiger partial charge in [0.2, 0.25) is 0 Å². The van der Waals surface area contributed by atoms with E-state index in [-0.39, 0.29) is 11.9 Å². The first-order chi connectivity index (χ1) is 7.59. The van der Waals surface area contributed by atoms with Gasteiger partial charge >= 0.3 is 0 Å². The van der Waals surface area contributed by atoms with Crippen LogP contribution in [0.25, 0.3) is 0 Å². The maximum atomic E-state index is 13.8. The van der Waals surface area contributed by atoms with Crippen LogP contribution in [0.2, 0.25) is 0 Å². The largest absolute Gasteiger partial charge is 0.328 e. The van der Waals surface area contributed by atoms with Crippen molar-refractivity contribution in [2.75, 3.05) is 14.1 Å². The van der Waals surface area contributed by atoms with Crippen LogP contribution in [0.5, 0.6) is 0 Å². The monoisotopic (exact) mass is 222 g/mol. The van der Waals surface area contributed by atoms with Crippen LogP contribution in [0.4, 0.5) is 4.39 Å². The maximum Gasteiger partial charge on any atom is 0.127 e. The number of hydrogen-bond acceptors (Lipinski definition) is 2. The molecule has 1 aromatic rings. The van der Waals surface area contributed by atoms with Crippen molar-refractivity contribution in [3.63, 3.8) is 0 Å². The molecule has 88 valence electrons. The second-order valence-corrected chi connectivity index (χ2v) is 4.92. The predicted octanol–water partition coefficient (Wildman–Crippen LogP) is 2.17. The second kappa shape index (κ2) is 4.52. The molecule has 0 radical (unpaired) electrons. The van der Waals surface area contributed by atoms with Crippen molar-refractivity contribution in [1.82, 2.24) is 4.90 Å². The summed E-state index contributed by atoms with van der Waals surface area (Å²) < 4.78 is 13.8. The minimum atomic E-state index is -0.110. The molecule has 1 aliphatic rings. The zero-order valence-electron chi connectivity index (χ0n) is 9.86. The Balaban J connectivity index is 2.23. The van der Waals surface area contributed by atoms with Crippen molar-refractivity contribution in [2.45, 2.75) is 24.9 Å². The Kier molecular flexibility index (Phi) is 3.26. The Morgan fingerprint density at radius 3 is 2.44 bits per heavy atom. The third-order valence-electron chi connectivity index (χ3n) is 3.44. The molecule has 1 atom stereocenters. The molecule has 0 aromatic heterocycles. The summed E-state index contributed by atoms with van der Waals surface area (Å²) >= 11 is 0. The van der Waals surface area contributed by atoms with Crippen LogP contribution in [0.1, 0.15) is 24.4 Å². The van der Waals surface area contributed by atoms with E-state index in [1.165, 1.54) is 6.07 Å². The topological polar surface area (TPSA) is 29.3 Å². The third-order valence-corrected chi connectivity index (χ3v) is 3.44. The van der Waals surface area contributed by atoms with E-state index in [1.807, 2.05) is 26.2 Å². The summed E-state index contributed by atoms with van der Waals surface area (Å²) in [6.45, 7) is 0. The normalized spacial score (nSPS) is 26.6. The molecule has 1 aromatic carbocycles. The van der Waals surface area contributed by atoms with Gasteiger partial charge in [-0.15, -0.1) is 0 Å². The van der Waals surface area contributed by atoms with Gasteiger partial charge in [-0.2, -0.15) is 0 Å². The molecule has 0 amide bonds. The Labute approximate surface area is 96.2 Å². The van der Waals surface area contributed by atoms with Crippen LogP contribution in [0.15, 0.2) is 24.3 Å². The molecule has 0 heterocycles. The van der Waals surface area contributed by atoms with Gasteiger partial charge in [-0.25, -0.2) is 4.39 Å². The third kappa shape index (κ3) is 2.11. The Bertz CT molecular complexity index is 359. The predicted molar refractivity (Wildman–Crippen MR) is 63.5 cm³/mol. The van der Waals surface area contributed by atoms with Crippen molar-refractivity contribution in [3.8, 4) is 0 Å². The van der Waals surface area contributed by atoms with E-state index in [2.05, 4.69) is 4.90 Å². The van der Waals surface area contributed by atoms with Crippen molar-refractivity contribution >= 4 is 0 Å². The van der Waals surface area contributed by atoms with Gasteiger partial charge < -0.3 is 10.6 Å². The Morgan fingerprint density at radius 2 is 1.94 bits per heavy atom. The number of nitrogens with zero attached hydrogens (tertiary/aromatic N) is 1. The average molecular weight is 222 g/mol. The number of rotatable bonds is 3. The molecule has 0 aliphatic heterocycles. The highest BCUT2D eigenvalue weighted by molar-refractivity contribution is 5.23. The highest BCUT2D eigenvalue weighted by Crippen LogP contribution is 2.40. The molecule has 2 N–H and O–H groups in total. The number of nitrogens with two attached hydrogens (primary N) is 1. The second-order valence-electron chi connectivity index (χ2n) is 4.92. The molecule has 2 rings (SSSR count). The van der Waals surface area contributed by atoms with Crippen molar-refractivity contribution in [2.24, 2.45) is 11.7 Å². The molecular weight excluding hydrogens is 203 g/mol. The van der Waals surface area contributed by atoms with Crippen LogP contribution in [-0.2, 0) is 0 Å². The van der Waals surface area contributed by atoms with Gasteiger partial charge in [0.1, 0.15) is 5.82 Å². The van der Waals surface area contributed by atoms with Crippen LogP contribution in [0.3, 0.4) is 0 Å². The fourth-order valence-electron chi connectivity index (χ4n) is 2.64. The van der Waals surface area contributed by atoms with Crippen LogP contribution in [-0.4, -0.2) is 25.0 Å². The van der Waals surface area contributed by atoms with E-state index in [9.17, 15) is 4.39 Å². The summed E-state index contributed by atoms with van der Waals surface area (Å²) in [6, 6.07) is 7.50. The van der Waals surface area contributed by atoms with Gasteiger partial charge in [-0.05, 0) is 38.9 Å². The van der Waals surface area contributed by atoms with E-state index in [0.717, 1.165) is 18.4 Å². The molecule has 1 unspecified atom stereocenters. The van der Waals surface area contributed by atoms with Crippen LogP contribution in [0, 0.1) is 11.7 Å². The van der Waals surface area contributed by atoms with E-state index in [1.54, 1.807) is 6.07 Å². The van der Waals surface area contributed by atoms with Crippen LogP contribution >= 0.6 is 0 Å². The van der Waals surface area contributed by atoms with Gasteiger partial charge in [-0.1, -0.05) is 18.2 Å². The van der Waals surface area contributed by atoms with Gasteiger partial charge in [0.05, 0.1) is 0 Å². The minimum Gasteiger partial charge on any atom is -0.328 e.